The summed E-state index contributed by atoms with van der Waals surface area (Å²) in [7, 11) is 1.63. The van der Waals surface area contributed by atoms with Gasteiger partial charge in [-0.05, 0) is 42.9 Å². The fraction of sp³-hybridized carbons (Fsp3) is 0.632. The van der Waals surface area contributed by atoms with E-state index in [1.165, 1.54) is 6.42 Å². The van der Waals surface area contributed by atoms with E-state index in [2.05, 4.69) is 36.0 Å². The molecule has 0 bridgehead atoms. The Kier molecular flexibility index (Phi) is 9.56. The Labute approximate surface area is 168 Å². The fourth-order valence-electron chi connectivity index (χ4n) is 3.39. The SMILES string of the molecule is CCNC(=NCC(O)c1cccc(OC)c1)N1CC(C)CC(C)C1.I. The summed E-state index contributed by atoms with van der Waals surface area (Å²) in [6.45, 7) is 9.86. The number of nitrogens with zero attached hydrogens (tertiary/aromatic N) is 2. The highest BCUT2D eigenvalue weighted by atomic mass is 127. The highest BCUT2D eigenvalue weighted by Crippen LogP contribution is 2.22. The van der Waals surface area contributed by atoms with Crippen LogP contribution >= 0.6 is 24.0 Å². The Balaban J connectivity index is 0.00000312. The summed E-state index contributed by atoms with van der Waals surface area (Å²) in [5.74, 6) is 2.99. The van der Waals surface area contributed by atoms with E-state index in [4.69, 9.17) is 4.74 Å². The summed E-state index contributed by atoms with van der Waals surface area (Å²) in [5.41, 5.74) is 0.828. The second-order valence-corrected chi connectivity index (χ2v) is 6.84. The van der Waals surface area contributed by atoms with Crippen molar-refractivity contribution in [1.29, 1.82) is 0 Å². The minimum absolute atomic E-state index is 0. The van der Waals surface area contributed by atoms with Crippen molar-refractivity contribution in [1.82, 2.24) is 10.2 Å². The predicted octanol–water partition coefficient (Wildman–Crippen LogP) is 3.29. The first kappa shape index (κ1) is 22.0. The van der Waals surface area contributed by atoms with Crippen LogP contribution in [0.5, 0.6) is 5.75 Å². The van der Waals surface area contributed by atoms with Crippen molar-refractivity contribution in [3.63, 3.8) is 0 Å². The Bertz CT molecular complexity index is 543. The standard InChI is InChI=1S/C19H31N3O2.HI/c1-5-20-19(22-12-14(2)9-15(3)13-22)21-11-18(23)16-7-6-8-17(10-16)24-4;/h6-8,10,14-15,18,23H,5,9,11-13H2,1-4H3,(H,20,21);1H. The number of aliphatic hydroxyl groups excluding tert-OH is 1. The molecule has 1 aliphatic rings. The van der Waals surface area contributed by atoms with E-state index in [9.17, 15) is 5.11 Å². The number of hydrogen-bond donors (Lipinski definition) is 2. The number of benzene rings is 1. The van der Waals surface area contributed by atoms with E-state index in [1.54, 1.807) is 7.11 Å². The molecule has 25 heavy (non-hydrogen) atoms. The van der Waals surface area contributed by atoms with Crippen molar-refractivity contribution in [3.8, 4) is 5.75 Å². The van der Waals surface area contributed by atoms with E-state index in [0.717, 1.165) is 36.9 Å². The zero-order valence-electron chi connectivity index (χ0n) is 15.7. The van der Waals surface area contributed by atoms with Crippen LogP contribution in [0.2, 0.25) is 0 Å². The minimum atomic E-state index is -0.631. The summed E-state index contributed by atoms with van der Waals surface area (Å²) in [6.07, 6.45) is 0.635. The number of aliphatic imine (C=N–C) groups is 1. The zero-order chi connectivity index (χ0) is 17.5. The van der Waals surface area contributed by atoms with Crippen molar-refractivity contribution in [2.45, 2.75) is 33.3 Å². The molecule has 2 rings (SSSR count). The van der Waals surface area contributed by atoms with Gasteiger partial charge in [-0.1, -0.05) is 26.0 Å². The van der Waals surface area contributed by atoms with E-state index in [0.29, 0.717) is 18.4 Å². The molecular formula is C19H32IN3O2. The molecule has 0 amide bonds. The van der Waals surface area contributed by atoms with E-state index in [-0.39, 0.29) is 24.0 Å². The van der Waals surface area contributed by atoms with Crippen LogP contribution in [0, 0.1) is 11.8 Å². The first-order chi connectivity index (χ1) is 11.5. The molecular weight excluding hydrogens is 429 g/mol. The Morgan fingerprint density at radius 1 is 1.36 bits per heavy atom. The molecule has 0 radical (unpaired) electrons. The highest BCUT2D eigenvalue weighted by Gasteiger charge is 2.24. The van der Waals surface area contributed by atoms with Crippen LogP contribution in [0.4, 0.5) is 0 Å². The maximum atomic E-state index is 10.5. The second kappa shape index (κ2) is 10.9. The lowest BCUT2D eigenvalue weighted by Crippen LogP contribution is -2.48. The smallest absolute Gasteiger partial charge is 0.194 e. The Hall–Kier alpha value is -1.02. The van der Waals surface area contributed by atoms with Gasteiger partial charge < -0.3 is 20.1 Å². The van der Waals surface area contributed by atoms with Gasteiger partial charge >= 0.3 is 0 Å². The van der Waals surface area contributed by atoms with Crippen molar-refractivity contribution >= 4 is 29.9 Å². The van der Waals surface area contributed by atoms with Gasteiger partial charge in [0.1, 0.15) is 5.75 Å². The van der Waals surface area contributed by atoms with Gasteiger partial charge in [0.05, 0.1) is 19.8 Å². The Morgan fingerprint density at radius 3 is 2.64 bits per heavy atom. The van der Waals surface area contributed by atoms with E-state index < -0.39 is 6.10 Å². The number of likely N-dealkylation sites (tertiary alicyclic amines) is 1. The highest BCUT2D eigenvalue weighted by molar-refractivity contribution is 14.0. The number of guanidine groups is 1. The first-order valence-electron chi connectivity index (χ1n) is 8.88. The molecule has 5 nitrogen and oxygen atoms in total. The third-order valence-corrected chi connectivity index (χ3v) is 4.40. The molecule has 2 N–H and O–H groups in total. The minimum Gasteiger partial charge on any atom is -0.497 e. The monoisotopic (exact) mass is 461 g/mol. The van der Waals surface area contributed by atoms with Crippen LogP contribution < -0.4 is 10.1 Å². The zero-order valence-corrected chi connectivity index (χ0v) is 18.1. The lowest BCUT2D eigenvalue weighted by molar-refractivity contribution is 0.183. The summed E-state index contributed by atoms with van der Waals surface area (Å²) in [4.78, 5) is 7.00. The third-order valence-electron chi connectivity index (χ3n) is 4.40. The fourth-order valence-corrected chi connectivity index (χ4v) is 3.39. The molecule has 1 aliphatic heterocycles. The van der Waals surface area contributed by atoms with Crippen LogP contribution in [0.15, 0.2) is 29.3 Å². The number of hydrogen-bond acceptors (Lipinski definition) is 3. The molecule has 0 spiro atoms. The maximum absolute atomic E-state index is 10.5. The molecule has 6 heteroatoms. The molecule has 1 aromatic rings. The van der Waals surface area contributed by atoms with Crippen molar-refractivity contribution in [2.24, 2.45) is 16.8 Å². The summed E-state index contributed by atoms with van der Waals surface area (Å²) in [5, 5.41) is 13.8. The number of nitrogens with one attached hydrogen (secondary N) is 1. The van der Waals surface area contributed by atoms with Gasteiger partial charge in [-0.15, -0.1) is 24.0 Å². The molecule has 3 atom stereocenters. The number of halogens is 1. The number of aliphatic hydroxyl groups is 1. The molecule has 1 saturated heterocycles. The lowest BCUT2D eigenvalue weighted by atomic mass is 9.92. The van der Waals surface area contributed by atoms with Crippen molar-refractivity contribution in [2.75, 3.05) is 33.3 Å². The van der Waals surface area contributed by atoms with Gasteiger partial charge in [-0.3, -0.25) is 4.99 Å². The number of methoxy groups -OCH3 is 1. The van der Waals surface area contributed by atoms with Gasteiger partial charge in [0.2, 0.25) is 0 Å². The Morgan fingerprint density at radius 2 is 2.04 bits per heavy atom. The van der Waals surface area contributed by atoms with Gasteiger partial charge in [-0.25, -0.2) is 0 Å². The molecule has 142 valence electrons. The lowest BCUT2D eigenvalue weighted by Gasteiger charge is -2.37. The first-order valence-corrected chi connectivity index (χ1v) is 8.88. The molecule has 1 aromatic carbocycles. The third kappa shape index (κ3) is 6.66. The van der Waals surface area contributed by atoms with Crippen LogP contribution in [-0.2, 0) is 0 Å². The molecule has 1 fully saturated rings. The van der Waals surface area contributed by atoms with Gasteiger partial charge in [0.25, 0.3) is 0 Å². The number of ether oxygens (including phenoxy) is 1. The van der Waals surface area contributed by atoms with Crippen LogP contribution in [0.3, 0.4) is 0 Å². The predicted molar refractivity (Wildman–Crippen MR) is 114 cm³/mol. The molecule has 1 heterocycles. The quantitative estimate of drug-likeness (QED) is 0.402. The van der Waals surface area contributed by atoms with Crippen LogP contribution in [-0.4, -0.2) is 49.3 Å². The molecule has 0 aromatic heterocycles. The average Bonchev–Trinajstić information content (AvgIpc) is 2.57. The van der Waals surface area contributed by atoms with E-state index in [1.807, 2.05) is 24.3 Å². The molecule has 0 aliphatic carbocycles. The van der Waals surface area contributed by atoms with E-state index >= 15 is 0 Å². The largest absolute Gasteiger partial charge is 0.497 e. The van der Waals surface area contributed by atoms with Crippen LogP contribution in [0.25, 0.3) is 0 Å². The summed E-state index contributed by atoms with van der Waals surface area (Å²) >= 11 is 0. The van der Waals surface area contributed by atoms with Gasteiger partial charge in [0.15, 0.2) is 5.96 Å². The van der Waals surface area contributed by atoms with Gasteiger partial charge in [-0.2, -0.15) is 0 Å². The molecule has 0 saturated carbocycles. The van der Waals surface area contributed by atoms with Gasteiger partial charge in [0, 0.05) is 19.6 Å². The molecule has 3 unspecified atom stereocenters. The normalized spacial score (nSPS) is 22.1. The number of rotatable bonds is 5. The van der Waals surface area contributed by atoms with Crippen molar-refractivity contribution in [3.05, 3.63) is 29.8 Å². The summed E-state index contributed by atoms with van der Waals surface area (Å²) < 4.78 is 5.22. The summed E-state index contributed by atoms with van der Waals surface area (Å²) in [6, 6.07) is 7.53. The van der Waals surface area contributed by atoms with Crippen molar-refractivity contribution < 1.29 is 9.84 Å². The number of piperidine rings is 1. The second-order valence-electron chi connectivity index (χ2n) is 6.84. The maximum Gasteiger partial charge on any atom is 0.194 e. The van der Waals surface area contributed by atoms with Crippen LogP contribution in [0.1, 0.15) is 38.9 Å². The topological polar surface area (TPSA) is 57.1 Å². The average molecular weight is 461 g/mol.